The van der Waals surface area contributed by atoms with Crippen LogP contribution in [0.2, 0.25) is 0 Å². The summed E-state index contributed by atoms with van der Waals surface area (Å²) in [5, 5.41) is 21.5. The van der Waals surface area contributed by atoms with E-state index in [1.807, 2.05) is 0 Å². The maximum Gasteiger partial charge on any atom is 0.343 e. The molecule has 0 aromatic heterocycles. The Morgan fingerprint density at radius 1 is 0.759 bits per heavy atom. The van der Waals surface area contributed by atoms with Gasteiger partial charge in [-0.25, -0.2) is 4.79 Å². The quantitative estimate of drug-likeness (QED) is 0.307. The zero-order valence-electron chi connectivity index (χ0n) is 15.2. The first kappa shape index (κ1) is 19.9. The number of non-ortho nitro benzene ring substituents is 2. The van der Waals surface area contributed by atoms with Crippen molar-refractivity contribution in [1.29, 1.82) is 0 Å². The van der Waals surface area contributed by atoms with E-state index in [0.29, 0.717) is 18.4 Å². The van der Waals surface area contributed by atoms with Crippen LogP contribution >= 0.6 is 0 Å². The lowest BCUT2D eigenvalue weighted by atomic mass is 9.91. The molecule has 0 saturated carbocycles. The third-order valence-electron chi connectivity index (χ3n) is 4.56. The maximum atomic E-state index is 12.8. The van der Waals surface area contributed by atoms with Crippen LogP contribution in [0.15, 0.2) is 59.9 Å². The van der Waals surface area contributed by atoms with Crippen molar-refractivity contribution < 1.29 is 24.2 Å². The van der Waals surface area contributed by atoms with E-state index in [-0.39, 0.29) is 34.0 Å². The number of benzene rings is 2. The van der Waals surface area contributed by atoms with Gasteiger partial charge in [-0.15, -0.1) is 0 Å². The van der Waals surface area contributed by atoms with Crippen molar-refractivity contribution in [3.05, 3.63) is 91.2 Å². The minimum Gasteiger partial charge on any atom is -0.427 e. The van der Waals surface area contributed by atoms with Crippen LogP contribution in [0.3, 0.4) is 0 Å². The third kappa shape index (κ3) is 4.52. The van der Waals surface area contributed by atoms with E-state index in [0.717, 1.165) is 12.8 Å². The number of hydrogen-bond donors (Lipinski definition) is 0. The topological polar surface area (TPSA) is 130 Å². The lowest BCUT2D eigenvalue weighted by molar-refractivity contribution is -0.385. The Morgan fingerprint density at radius 3 is 1.76 bits per heavy atom. The highest BCUT2D eigenvalue weighted by atomic mass is 16.6. The number of nitro groups is 2. The Labute approximate surface area is 164 Å². The maximum absolute atomic E-state index is 12.8. The first-order valence-electron chi connectivity index (χ1n) is 8.84. The van der Waals surface area contributed by atoms with Crippen LogP contribution in [0.1, 0.15) is 46.4 Å². The van der Waals surface area contributed by atoms with Crippen molar-refractivity contribution in [2.24, 2.45) is 0 Å². The molecule has 1 aliphatic rings. The van der Waals surface area contributed by atoms with E-state index in [4.69, 9.17) is 4.74 Å². The molecular weight excluding hydrogens is 380 g/mol. The minimum absolute atomic E-state index is 0.121. The Morgan fingerprint density at radius 2 is 1.24 bits per heavy atom. The van der Waals surface area contributed by atoms with Gasteiger partial charge in [-0.1, -0.05) is 0 Å². The number of rotatable bonds is 6. The summed E-state index contributed by atoms with van der Waals surface area (Å²) in [6.45, 7) is 0. The lowest BCUT2D eigenvalue weighted by Crippen LogP contribution is -2.15. The summed E-state index contributed by atoms with van der Waals surface area (Å²) in [7, 11) is 0. The molecule has 0 amide bonds. The first-order chi connectivity index (χ1) is 13.9. The first-order valence-corrected chi connectivity index (χ1v) is 8.84. The van der Waals surface area contributed by atoms with Gasteiger partial charge in [0.25, 0.3) is 11.4 Å². The molecule has 0 unspecified atom stereocenters. The number of hydrogen-bond acceptors (Lipinski definition) is 7. The Bertz CT molecular complexity index is 1010. The molecule has 29 heavy (non-hydrogen) atoms. The van der Waals surface area contributed by atoms with Crippen LogP contribution < -0.4 is 0 Å². The van der Waals surface area contributed by atoms with Crippen molar-refractivity contribution in [3.8, 4) is 0 Å². The van der Waals surface area contributed by atoms with E-state index in [2.05, 4.69) is 0 Å². The van der Waals surface area contributed by atoms with E-state index in [1.165, 1.54) is 48.5 Å². The predicted molar refractivity (Wildman–Crippen MR) is 101 cm³/mol. The highest BCUT2D eigenvalue weighted by Gasteiger charge is 2.24. The van der Waals surface area contributed by atoms with Crippen molar-refractivity contribution in [3.63, 3.8) is 0 Å². The fourth-order valence-corrected chi connectivity index (χ4v) is 3.03. The lowest BCUT2D eigenvalue weighted by Gasteiger charge is -2.19. The summed E-state index contributed by atoms with van der Waals surface area (Å²) in [4.78, 5) is 45.6. The molecular formula is C20H16N2O7. The van der Waals surface area contributed by atoms with Gasteiger partial charge in [-0.2, -0.15) is 0 Å². The van der Waals surface area contributed by atoms with Gasteiger partial charge in [0.1, 0.15) is 5.76 Å². The van der Waals surface area contributed by atoms with Crippen molar-refractivity contribution in [2.75, 3.05) is 0 Å². The Balaban J connectivity index is 1.83. The van der Waals surface area contributed by atoms with Gasteiger partial charge >= 0.3 is 5.97 Å². The molecule has 148 valence electrons. The zero-order valence-corrected chi connectivity index (χ0v) is 15.2. The second-order valence-electron chi connectivity index (χ2n) is 6.44. The molecule has 9 nitrogen and oxygen atoms in total. The van der Waals surface area contributed by atoms with Crippen LogP contribution in [-0.4, -0.2) is 21.6 Å². The number of esters is 1. The van der Waals surface area contributed by atoms with Gasteiger partial charge in [0, 0.05) is 41.8 Å². The fraction of sp³-hybridized carbons (Fsp3) is 0.200. The van der Waals surface area contributed by atoms with E-state index in [9.17, 15) is 29.8 Å². The summed E-state index contributed by atoms with van der Waals surface area (Å²) in [5.41, 5.74) is 0.504. The number of carbonyl (C=O) groups is 2. The molecule has 0 fully saturated rings. The Kier molecular flexibility index (Phi) is 5.77. The predicted octanol–water partition coefficient (Wildman–Crippen LogP) is 4.37. The van der Waals surface area contributed by atoms with Crippen LogP contribution in [0.4, 0.5) is 11.4 Å². The molecule has 0 atom stereocenters. The van der Waals surface area contributed by atoms with E-state index >= 15 is 0 Å². The van der Waals surface area contributed by atoms with Crippen molar-refractivity contribution >= 4 is 23.1 Å². The second kappa shape index (κ2) is 8.42. The molecule has 0 N–H and O–H groups in total. The number of nitro benzene ring substituents is 2. The van der Waals surface area contributed by atoms with Gasteiger partial charge in [0.05, 0.1) is 15.4 Å². The molecule has 0 aliphatic heterocycles. The van der Waals surface area contributed by atoms with Crippen LogP contribution in [0.25, 0.3) is 0 Å². The number of Topliss-reactive ketones (excluding diaryl/α,β-unsaturated/α-hetero) is 1. The highest BCUT2D eigenvalue weighted by Crippen LogP contribution is 2.29. The molecule has 2 aromatic rings. The van der Waals surface area contributed by atoms with Gasteiger partial charge in [0.15, 0.2) is 5.78 Å². The van der Waals surface area contributed by atoms with Crippen molar-refractivity contribution in [1.82, 2.24) is 0 Å². The number of ketones is 1. The number of ether oxygens (including phenoxy) is 1. The van der Waals surface area contributed by atoms with Gasteiger partial charge in [0.2, 0.25) is 0 Å². The van der Waals surface area contributed by atoms with E-state index in [1.54, 1.807) is 0 Å². The molecule has 0 spiro atoms. The van der Waals surface area contributed by atoms with E-state index < -0.39 is 15.8 Å². The van der Waals surface area contributed by atoms with Gasteiger partial charge < -0.3 is 4.74 Å². The monoisotopic (exact) mass is 396 g/mol. The zero-order chi connectivity index (χ0) is 21.0. The summed E-state index contributed by atoms with van der Waals surface area (Å²) in [6, 6.07) is 10.2. The average Bonchev–Trinajstić information content (AvgIpc) is 2.73. The van der Waals surface area contributed by atoms with Crippen molar-refractivity contribution in [2.45, 2.75) is 25.7 Å². The highest BCUT2D eigenvalue weighted by molar-refractivity contribution is 6.09. The minimum atomic E-state index is -0.703. The molecule has 0 bridgehead atoms. The molecule has 0 heterocycles. The molecule has 2 aromatic carbocycles. The van der Waals surface area contributed by atoms with Gasteiger partial charge in [-0.3, -0.25) is 25.0 Å². The second-order valence-corrected chi connectivity index (χ2v) is 6.44. The standard InChI is InChI=1S/C20H16N2O7/c23-19(13-5-9-15(10-6-13)21(25)26)17-3-1-2-4-18(17)29-20(24)14-7-11-16(12-8-14)22(27)28/h5-12H,1-4H2. The summed E-state index contributed by atoms with van der Waals surface area (Å²) in [5.74, 6) is -0.778. The molecule has 3 rings (SSSR count). The normalized spacial score (nSPS) is 13.7. The number of nitrogens with zero attached hydrogens (tertiary/aromatic N) is 2. The number of carbonyl (C=O) groups excluding carboxylic acids is 2. The fourth-order valence-electron chi connectivity index (χ4n) is 3.03. The molecule has 9 heteroatoms. The molecule has 1 aliphatic carbocycles. The smallest absolute Gasteiger partial charge is 0.343 e. The average molecular weight is 396 g/mol. The summed E-state index contributed by atoms with van der Waals surface area (Å²) >= 11 is 0. The Hall–Kier alpha value is -3.88. The summed E-state index contributed by atoms with van der Waals surface area (Å²) in [6.07, 6.45) is 2.35. The summed E-state index contributed by atoms with van der Waals surface area (Å²) < 4.78 is 5.44. The number of allylic oxidation sites excluding steroid dienone is 2. The third-order valence-corrected chi connectivity index (χ3v) is 4.56. The SMILES string of the molecule is O=C(OC1=C(C(=O)c2ccc([N+](=O)[O-])cc2)CCCC1)c1ccc([N+](=O)[O-])cc1. The largest absolute Gasteiger partial charge is 0.427 e. The van der Waals surface area contributed by atoms with Crippen LogP contribution in [0.5, 0.6) is 0 Å². The molecule has 0 radical (unpaired) electrons. The van der Waals surface area contributed by atoms with Crippen LogP contribution in [0, 0.1) is 20.2 Å². The van der Waals surface area contributed by atoms with Gasteiger partial charge in [-0.05, 0) is 43.5 Å². The molecule has 0 saturated heterocycles. The van der Waals surface area contributed by atoms with Crippen LogP contribution in [-0.2, 0) is 4.74 Å².